The third-order valence-corrected chi connectivity index (χ3v) is 3.32. The molecule has 0 N–H and O–H groups in total. The van der Waals surface area contributed by atoms with Gasteiger partial charge in [-0.05, 0) is 6.92 Å². The lowest BCUT2D eigenvalue weighted by atomic mass is 10.2. The molecule has 1 rings (SSSR count). The van der Waals surface area contributed by atoms with Gasteiger partial charge in [0, 0.05) is 26.2 Å². The van der Waals surface area contributed by atoms with E-state index in [4.69, 9.17) is 0 Å². The Morgan fingerprint density at radius 1 is 1.24 bits per heavy atom. The lowest BCUT2D eigenvalue weighted by Gasteiger charge is -2.34. The van der Waals surface area contributed by atoms with Crippen molar-refractivity contribution in [3.63, 3.8) is 0 Å². The highest BCUT2D eigenvalue weighted by atomic mass is 79.9. The Morgan fingerprint density at radius 3 is 2.18 bits per heavy atom. The fraction of sp³-hybridized carbons (Fsp3) is 0.778. The van der Waals surface area contributed by atoms with Gasteiger partial charge in [-0.25, -0.2) is 0 Å². The number of carbonyl (C=O) groups is 2. The fourth-order valence-corrected chi connectivity index (χ4v) is 1.84. The summed E-state index contributed by atoms with van der Waals surface area (Å²) in [6.45, 7) is 1.97. The van der Waals surface area contributed by atoms with Gasteiger partial charge < -0.3 is 9.80 Å². The van der Waals surface area contributed by atoms with Gasteiger partial charge in [0.25, 0.3) is 0 Å². The van der Waals surface area contributed by atoms with Crippen LogP contribution in [-0.2, 0) is 9.59 Å². The van der Waals surface area contributed by atoms with Crippen molar-refractivity contribution in [2.75, 3.05) is 26.2 Å². The van der Waals surface area contributed by atoms with Crippen LogP contribution in [0.25, 0.3) is 0 Å². The van der Waals surface area contributed by atoms with Crippen molar-refractivity contribution in [3.05, 3.63) is 0 Å². The molecule has 0 spiro atoms. The highest BCUT2D eigenvalue weighted by Crippen LogP contribution is 2.27. The summed E-state index contributed by atoms with van der Waals surface area (Å²) < 4.78 is 36.9. The van der Waals surface area contributed by atoms with E-state index in [0.717, 1.165) is 4.90 Å². The van der Waals surface area contributed by atoms with E-state index in [0.29, 0.717) is 6.54 Å². The average molecular weight is 317 g/mol. The second-order valence-electron chi connectivity index (χ2n) is 3.65. The van der Waals surface area contributed by atoms with Crippen LogP contribution in [0.3, 0.4) is 0 Å². The van der Waals surface area contributed by atoms with Crippen molar-refractivity contribution in [2.45, 2.75) is 17.9 Å². The first kappa shape index (κ1) is 14.3. The number of halogens is 4. The van der Waals surface area contributed by atoms with Gasteiger partial charge in [-0.2, -0.15) is 13.2 Å². The molecule has 1 fully saturated rings. The van der Waals surface area contributed by atoms with Gasteiger partial charge in [0.15, 0.2) is 0 Å². The van der Waals surface area contributed by atoms with Gasteiger partial charge in [0.05, 0.1) is 0 Å². The van der Waals surface area contributed by atoms with Crippen LogP contribution < -0.4 is 0 Å². The van der Waals surface area contributed by atoms with Gasteiger partial charge in [-0.1, -0.05) is 15.9 Å². The highest BCUT2D eigenvalue weighted by molar-refractivity contribution is 9.09. The quantitative estimate of drug-likeness (QED) is 0.576. The molecule has 4 nitrogen and oxygen atoms in total. The molecule has 0 aromatic heterocycles. The Morgan fingerprint density at radius 2 is 1.71 bits per heavy atom. The summed E-state index contributed by atoms with van der Waals surface area (Å²) in [5, 5.41) is 0. The molecule has 0 aromatic rings. The van der Waals surface area contributed by atoms with Crippen molar-refractivity contribution in [2.24, 2.45) is 0 Å². The molecule has 0 aliphatic carbocycles. The lowest BCUT2D eigenvalue weighted by Crippen LogP contribution is -2.56. The van der Waals surface area contributed by atoms with E-state index in [9.17, 15) is 22.8 Å². The molecular weight excluding hydrogens is 305 g/mol. The number of piperazine rings is 1. The van der Waals surface area contributed by atoms with Crippen LogP contribution in [-0.4, -0.2) is 58.8 Å². The van der Waals surface area contributed by atoms with Gasteiger partial charge in [-0.3, -0.25) is 9.59 Å². The number of amides is 2. The lowest BCUT2D eigenvalue weighted by molar-refractivity contribution is -0.159. The molecule has 0 saturated carbocycles. The van der Waals surface area contributed by atoms with E-state index in [2.05, 4.69) is 15.9 Å². The van der Waals surface area contributed by atoms with Crippen LogP contribution in [0.1, 0.15) is 6.92 Å². The summed E-state index contributed by atoms with van der Waals surface area (Å²) in [7, 11) is 0. The van der Waals surface area contributed by atoms with Crippen molar-refractivity contribution in [1.82, 2.24) is 9.80 Å². The van der Waals surface area contributed by atoms with Crippen LogP contribution in [0.15, 0.2) is 0 Å². The maximum absolute atomic E-state index is 12.3. The van der Waals surface area contributed by atoms with Gasteiger partial charge in [0.1, 0.15) is 4.83 Å². The smallest absolute Gasteiger partial charge is 0.333 e. The molecular formula is C9H12BrF3N2O2. The summed E-state index contributed by atoms with van der Waals surface area (Å²) in [6, 6.07) is 0. The number of alkyl halides is 4. The van der Waals surface area contributed by atoms with Crippen molar-refractivity contribution in [1.29, 1.82) is 0 Å². The molecule has 0 radical (unpaired) electrons. The second kappa shape index (κ2) is 5.24. The van der Waals surface area contributed by atoms with Crippen molar-refractivity contribution < 1.29 is 22.8 Å². The van der Waals surface area contributed by atoms with Crippen LogP contribution in [0, 0.1) is 0 Å². The fourth-order valence-electron chi connectivity index (χ4n) is 1.49. The predicted molar refractivity (Wildman–Crippen MR) is 57.6 cm³/mol. The van der Waals surface area contributed by atoms with Gasteiger partial charge in [-0.15, -0.1) is 0 Å². The molecule has 1 aliphatic heterocycles. The number of hydrogen-bond donors (Lipinski definition) is 0. The minimum atomic E-state index is -4.43. The van der Waals surface area contributed by atoms with E-state index < -0.39 is 29.4 Å². The minimum absolute atomic E-state index is 0.136. The van der Waals surface area contributed by atoms with E-state index >= 15 is 0 Å². The van der Waals surface area contributed by atoms with Crippen LogP contribution in [0.4, 0.5) is 13.2 Å². The molecule has 2 amide bonds. The van der Waals surface area contributed by atoms with E-state index in [1.807, 2.05) is 0 Å². The minimum Gasteiger partial charge on any atom is -0.333 e. The first-order valence-electron chi connectivity index (χ1n) is 5.06. The molecule has 0 aromatic carbocycles. The summed E-state index contributed by atoms with van der Waals surface area (Å²) in [5.41, 5.74) is 0. The Kier molecular flexibility index (Phi) is 4.40. The number of rotatable bonds is 3. The summed E-state index contributed by atoms with van der Waals surface area (Å²) in [4.78, 5) is 23.4. The molecule has 8 heteroatoms. The molecule has 17 heavy (non-hydrogen) atoms. The van der Waals surface area contributed by atoms with Crippen molar-refractivity contribution in [3.8, 4) is 0 Å². The zero-order valence-electron chi connectivity index (χ0n) is 9.13. The molecule has 0 bridgehead atoms. The number of likely N-dealkylation sites (N-methyl/N-ethyl adjacent to an activating group) is 1. The summed E-state index contributed by atoms with van der Waals surface area (Å²) in [6.07, 6.45) is -4.43. The molecule has 1 saturated heterocycles. The first-order valence-corrected chi connectivity index (χ1v) is 5.98. The Balaban J connectivity index is 2.63. The normalized spacial score (nSPS) is 19.8. The maximum atomic E-state index is 12.3. The molecule has 1 heterocycles. The number of hydrogen-bond acceptors (Lipinski definition) is 2. The van der Waals surface area contributed by atoms with E-state index in [1.54, 1.807) is 6.92 Å². The Bertz CT molecular complexity index is 322. The molecule has 98 valence electrons. The Labute approximate surface area is 105 Å². The molecule has 1 unspecified atom stereocenters. The standard InChI is InChI=1S/C9H12BrF3N2O2/c1-2-14-3-4-15(8(17)7(14)16)5-6(10)9(11,12)13/h6H,2-5H2,1H3. The number of nitrogens with zero attached hydrogens (tertiary/aromatic N) is 2. The zero-order chi connectivity index (χ0) is 13.2. The zero-order valence-corrected chi connectivity index (χ0v) is 10.7. The topological polar surface area (TPSA) is 40.6 Å². The Hall–Kier alpha value is -0.790. The van der Waals surface area contributed by atoms with Crippen LogP contribution in [0.2, 0.25) is 0 Å². The van der Waals surface area contributed by atoms with Crippen LogP contribution in [0.5, 0.6) is 0 Å². The highest BCUT2D eigenvalue weighted by Gasteiger charge is 2.41. The molecule has 1 aliphatic rings. The SMILES string of the molecule is CCN1CCN(CC(Br)C(F)(F)F)C(=O)C1=O. The largest absolute Gasteiger partial charge is 0.402 e. The average Bonchev–Trinajstić information content (AvgIpc) is 2.23. The van der Waals surface area contributed by atoms with E-state index in [1.165, 1.54) is 4.90 Å². The van der Waals surface area contributed by atoms with Gasteiger partial charge >= 0.3 is 18.0 Å². The summed E-state index contributed by atoms with van der Waals surface area (Å²) in [5.74, 6) is -1.60. The summed E-state index contributed by atoms with van der Waals surface area (Å²) >= 11 is 2.47. The monoisotopic (exact) mass is 316 g/mol. The first-order chi connectivity index (χ1) is 7.77. The molecule has 1 atom stereocenters. The van der Waals surface area contributed by atoms with Crippen LogP contribution >= 0.6 is 15.9 Å². The second-order valence-corrected chi connectivity index (χ2v) is 4.75. The third kappa shape index (κ3) is 3.34. The van der Waals surface area contributed by atoms with Crippen molar-refractivity contribution >= 4 is 27.7 Å². The van der Waals surface area contributed by atoms with E-state index in [-0.39, 0.29) is 13.1 Å². The van der Waals surface area contributed by atoms with Gasteiger partial charge in [0.2, 0.25) is 0 Å². The predicted octanol–water partition coefficient (Wildman–Crippen LogP) is 1.00. The number of carbonyl (C=O) groups excluding carboxylic acids is 2. The third-order valence-electron chi connectivity index (χ3n) is 2.51. The maximum Gasteiger partial charge on any atom is 0.402 e.